The Balaban J connectivity index is 0.00000338. The summed E-state index contributed by atoms with van der Waals surface area (Å²) in [5.74, 6) is 2.34. The van der Waals surface area contributed by atoms with Crippen LogP contribution in [0.25, 0.3) is 0 Å². The SMILES string of the molecule is CN(C)C(=NCc1ccc(OCCOc2ccccc2)nc1)N(C)C.I. The predicted molar refractivity (Wildman–Crippen MR) is 116 cm³/mol. The number of hydrogen-bond donors (Lipinski definition) is 0. The molecule has 0 radical (unpaired) electrons. The van der Waals surface area contributed by atoms with Gasteiger partial charge in [0.1, 0.15) is 19.0 Å². The summed E-state index contributed by atoms with van der Waals surface area (Å²) in [4.78, 5) is 12.9. The fourth-order valence-electron chi connectivity index (χ4n) is 2.26. The summed E-state index contributed by atoms with van der Waals surface area (Å²) in [6.45, 7) is 1.51. The van der Waals surface area contributed by atoms with Crippen LogP contribution in [0.1, 0.15) is 5.56 Å². The van der Waals surface area contributed by atoms with Crippen LogP contribution in [0.3, 0.4) is 0 Å². The van der Waals surface area contributed by atoms with Crippen molar-refractivity contribution in [3.05, 3.63) is 54.2 Å². The van der Waals surface area contributed by atoms with Crippen molar-refractivity contribution in [1.82, 2.24) is 14.8 Å². The normalized spacial score (nSPS) is 9.69. The maximum Gasteiger partial charge on any atom is 0.213 e. The summed E-state index contributed by atoms with van der Waals surface area (Å²) in [6, 6.07) is 13.5. The maximum absolute atomic E-state index is 5.60. The number of aromatic nitrogens is 1. The van der Waals surface area contributed by atoms with Gasteiger partial charge in [-0.2, -0.15) is 0 Å². The molecule has 2 aromatic rings. The molecule has 0 aliphatic rings. The van der Waals surface area contributed by atoms with E-state index in [0.29, 0.717) is 25.6 Å². The van der Waals surface area contributed by atoms with Gasteiger partial charge in [-0.15, -0.1) is 24.0 Å². The van der Waals surface area contributed by atoms with Crippen LogP contribution in [0, 0.1) is 0 Å². The Kier molecular flexibility index (Phi) is 9.79. The number of hydrogen-bond acceptors (Lipinski definition) is 4. The second-order valence-corrected chi connectivity index (χ2v) is 5.92. The van der Waals surface area contributed by atoms with Crippen LogP contribution in [-0.4, -0.2) is 62.1 Å². The van der Waals surface area contributed by atoms with Crippen LogP contribution in [0.5, 0.6) is 11.6 Å². The average Bonchev–Trinajstić information content (AvgIpc) is 2.60. The standard InChI is InChI=1S/C19H26N4O2.HI/c1-22(2)19(23(3)4)21-15-16-10-11-18(20-14-16)25-13-12-24-17-8-6-5-7-9-17;/h5-11,14H,12-13,15H2,1-4H3;1H. The van der Waals surface area contributed by atoms with Crippen molar-refractivity contribution in [2.24, 2.45) is 4.99 Å². The molecule has 6 nitrogen and oxygen atoms in total. The van der Waals surface area contributed by atoms with E-state index in [-0.39, 0.29) is 24.0 Å². The number of guanidine groups is 1. The van der Waals surface area contributed by atoms with Crippen molar-refractivity contribution in [1.29, 1.82) is 0 Å². The lowest BCUT2D eigenvalue weighted by Gasteiger charge is -2.22. The molecular weight excluding hydrogens is 443 g/mol. The van der Waals surface area contributed by atoms with Crippen molar-refractivity contribution in [2.45, 2.75) is 6.54 Å². The van der Waals surface area contributed by atoms with E-state index in [4.69, 9.17) is 9.47 Å². The van der Waals surface area contributed by atoms with Crippen molar-refractivity contribution in [3.8, 4) is 11.6 Å². The van der Waals surface area contributed by atoms with Gasteiger partial charge in [-0.25, -0.2) is 9.98 Å². The Hall–Kier alpha value is -2.03. The summed E-state index contributed by atoms with van der Waals surface area (Å²) >= 11 is 0. The molecule has 0 unspecified atom stereocenters. The molecule has 7 heteroatoms. The Morgan fingerprint density at radius 2 is 1.58 bits per heavy atom. The molecule has 2 rings (SSSR count). The fraction of sp³-hybridized carbons (Fsp3) is 0.368. The van der Waals surface area contributed by atoms with Gasteiger partial charge in [0.25, 0.3) is 0 Å². The minimum absolute atomic E-state index is 0. The molecule has 1 aromatic carbocycles. The lowest BCUT2D eigenvalue weighted by atomic mass is 10.3. The zero-order valence-electron chi connectivity index (χ0n) is 15.8. The third-order valence-corrected chi connectivity index (χ3v) is 3.35. The van der Waals surface area contributed by atoms with Crippen LogP contribution in [0.2, 0.25) is 0 Å². The number of halogens is 1. The number of ether oxygens (including phenoxy) is 2. The van der Waals surface area contributed by atoms with E-state index in [0.717, 1.165) is 17.3 Å². The molecule has 142 valence electrons. The first kappa shape index (κ1) is 22.0. The summed E-state index contributed by atoms with van der Waals surface area (Å²) in [5, 5.41) is 0. The second-order valence-electron chi connectivity index (χ2n) is 5.92. The molecule has 0 saturated heterocycles. The summed E-state index contributed by atoms with van der Waals surface area (Å²) in [5.41, 5.74) is 1.04. The number of para-hydroxylation sites is 1. The Morgan fingerprint density at radius 3 is 2.15 bits per heavy atom. The molecule has 0 bridgehead atoms. The van der Waals surface area contributed by atoms with Gasteiger partial charge >= 0.3 is 0 Å². The smallest absolute Gasteiger partial charge is 0.213 e. The minimum atomic E-state index is 0. The van der Waals surface area contributed by atoms with Gasteiger partial charge in [0.05, 0.1) is 6.54 Å². The number of pyridine rings is 1. The predicted octanol–water partition coefficient (Wildman–Crippen LogP) is 3.14. The first-order valence-electron chi connectivity index (χ1n) is 8.21. The van der Waals surface area contributed by atoms with E-state index in [9.17, 15) is 0 Å². The molecule has 1 aromatic heterocycles. The van der Waals surface area contributed by atoms with E-state index in [2.05, 4.69) is 9.98 Å². The van der Waals surface area contributed by atoms with Crippen molar-refractivity contribution in [3.63, 3.8) is 0 Å². The molecular formula is C19H27IN4O2. The van der Waals surface area contributed by atoms with Crippen molar-refractivity contribution in [2.75, 3.05) is 41.4 Å². The monoisotopic (exact) mass is 470 g/mol. The van der Waals surface area contributed by atoms with Gasteiger partial charge in [0.15, 0.2) is 5.96 Å². The van der Waals surface area contributed by atoms with E-state index in [1.807, 2.05) is 80.5 Å². The minimum Gasteiger partial charge on any atom is -0.490 e. The van der Waals surface area contributed by atoms with E-state index < -0.39 is 0 Å². The highest BCUT2D eigenvalue weighted by molar-refractivity contribution is 14.0. The van der Waals surface area contributed by atoms with Crippen molar-refractivity contribution >= 4 is 29.9 Å². The molecule has 0 fully saturated rings. The lowest BCUT2D eigenvalue weighted by Crippen LogP contribution is -2.35. The van der Waals surface area contributed by atoms with Crippen LogP contribution in [-0.2, 0) is 6.54 Å². The first-order valence-corrected chi connectivity index (χ1v) is 8.21. The van der Waals surface area contributed by atoms with Gasteiger partial charge < -0.3 is 19.3 Å². The highest BCUT2D eigenvalue weighted by Crippen LogP contribution is 2.10. The molecule has 1 heterocycles. The lowest BCUT2D eigenvalue weighted by molar-refractivity contribution is 0.212. The van der Waals surface area contributed by atoms with Gasteiger partial charge in [-0.05, 0) is 17.7 Å². The Morgan fingerprint density at radius 1 is 0.923 bits per heavy atom. The molecule has 0 saturated carbocycles. The quantitative estimate of drug-likeness (QED) is 0.270. The number of benzene rings is 1. The van der Waals surface area contributed by atoms with Gasteiger partial charge in [-0.1, -0.05) is 24.3 Å². The molecule has 0 N–H and O–H groups in total. The molecule has 0 amide bonds. The highest BCUT2D eigenvalue weighted by Gasteiger charge is 2.04. The van der Waals surface area contributed by atoms with E-state index in [1.54, 1.807) is 6.20 Å². The van der Waals surface area contributed by atoms with Crippen LogP contribution in [0.4, 0.5) is 0 Å². The molecule has 0 spiro atoms. The molecule has 0 aliphatic heterocycles. The van der Waals surface area contributed by atoms with E-state index >= 15 is 0 Å². The van der Waals surface area contributed by atoms with Gasteiger partial charge in [-0.3, -0.25) is 0 Å². The number of aliphatic imine (C=N–C) groups is 1. The van der Waals surface area contributed by atoms with Crippen LogP contribution >= 0.6 is 24.0 Å². The zero-order valence-corrected chi connectivity index (χ0v) is 18.1. The summed E-state index contributed by atoms with van der Waals surface area (Å²) in [7, 11) is 7.91. The summed E-state index contributed by atoms with van der Waals surface area (Å²) in [6.07, 6.45) is 1.79. The van der Waals surface area contributed by atoms with Crippen LogP contribution < -0.4 is 9.47 Å². The largest absolute Gasteiger partial charge is 0.490 e. The second kappa shape index (κ2) is 11.6. The third-order valence-electron chi connectivity index (χ3n) is 3.35. The topological polar surface area (TPSA) is 50.2 Å². The number of rotatable bonds is 7. The van der Waals surface area contributed by atoms with Crippen LogP contribution in [0.15, 0.2) is 53.7 Å². The molecule has 0 atom stereocenters. The molecule has 26 heavy (non-hydrogen) atoms. The number of nitrogens with zero attached hydrogens (tertiary/aromatic N) is 4. The summed E-state index contributed by atoms with van der Waals surface area (Å²) < 4.78 is 11.2. The van der Waals surface area contributed by atoms with Gasteiger partial charge in [0.2, 0.25) is 5.88 Å². The first-order chi connectivity index (χ1) is 12.1. The fourth-order valence-corrected chi connectivity index (χ4v) is 2.26. The average molecular weight is 470 g/mol. The highest BCUT2D eigenvalue weighted by atomic mass is 127. The maximum atomic E-state index is 5.60. The van der Waals surface area contributed by atoms with Gasteiger partial charge in [0, 0.05) is 40.5 Å². The third kappa shape index (κ3) is 7.47. The zero-order chi connectivity index (χ0) is 18.1. The van der Waals surface area contributed by atoms with Crippen molar-refractivity contribution < 1.29 is 9.47 Å². The Labute approximate surface area is 172 Å². The van der Waals surface area contributed by atoms with E-state index in [1.165, 1.54) is 0 Å². The Bertz CT molecular complexity index is 651. The molecule has 0 aliphatic carbocycles.